The van der Waals surface area contributed by atoms with Gasteiger partial charge < -0.3 is 4.90 Å². The molecule has 9 heteroatoms. The molecule has 0 spiro atoms. The van der Waals surface area contributed by atoms with E-state index in [1.54, 1.807) is 7.05 Å². The highest BCUT2D eigenvalue weighted by Gasteiger charge is 2.34. The lowest BCUT2D eigenvalue weighted by Gasteiger charge is -2.31. The smallest absolute Gasteiger partial charge is 0.341 e. The molecule has 0 bridgehead atoms. The Morgan fingerprint density at radius 2 is 1.90 bits per heavy atom. The highest BCUT2D eigenvalue weighted by molar-refractivity contribution is 7.91. The first-order valence-corrected chi connectivity index (χ1v) is 7.85. The molecule has 1 aliphatic heterocycles. The van der Waals surface area contributed by atoms with Crippen LogP contribution in [0.25, 0.3) is 0 Å². The zero-order valence-corrected chi connectivity index (χ0v) is 11.6. The Kier molecular flexibility index (Phi) is 3.90. The van der Waals surface area contributed by atoms with Crippen molar-refractivity contribution in [1.82, 2.24) is 9.97 Å². The Balaban J connectivity index is 2.16. The molecule has 1 aromatic rings. The van der Waals surface area contributed by atoms with Gasteiger partial charge in [-0.3, -0.25) is 0 Å². The largest absolute Gasteiger partial charge is 0.433 e. The summed E-state index contributed by atoms with van der Waals surface area (Å²) in [5.41, 5.74) is -1.00. The maximum Gasteiger partial charge on any atom is 0.433 e. The van der Waals surface area contributed by atoms with Gasteiger partial charge in [-0.15, -0.1) is 0 Å². The summed E-state index contributed by atoms with van der Waals surface area (Å²) in [4.78, 5) is 8.84. The Hall–Kier alpha value is -1.38. The van der Waals surface area contributed by atoms with Crippen molar-refractivity contribution in [3.63, 3.8) is 0 Å². The lowest BCUT2D eigenvalue weighted by molar-refractivity contribution is -0.141. The number of sulfone groups is 1. The molecule has 0 radical (unpaired) electrons. The van der Waals surface area contributed by atoms with Crippen molar-refractivity contribution < 1.29 is 21.6 Å². The molecule has 5 nitrogen and oxygen atoms in total. The number of hydrogen-bond acceptors (Lipinski definition) is 5. The summed E-state index contributed by atoms with van der Waals surface area (Å²) in [5.74, 6) is 0.0474. The molecule has 0 atom stereocenters. The third-order valence-corrected chi connectivity index (χ3v) is 5.04. The van der Waals surface area contributed by atoms with Crippen LogP contribution < -0.4 is 4.90 Å². The number of aromatic nitrogens is 2. The number of halogens is 3. The van der Waals surface area contributed by atoms with E-state index in [9.17, 15) is 21.6 Å². The van der Waals surface area contributed by atoms with Crippen molar-refractivity contribution in [2.45, 2.75) is 25.1 Å². The minimum atomic E-state index is -4.52. The third-order valence-electron chi connectivity index (χ3n) is 3.32. The van der Waals surface area contributed by atoms with Gasteiger partial charge in [0.1, 0.15) is 15.5 Å². The quantitative estimate of drug-likeness (QED) is 0.828. The Labute approximate surface area is 114 Å². The Morgan fingerprint density at radius 1 is 1.30 bits per heavy atom. The molecule has 0 amide bonds. The van der Waals surface area contributed by atoms with E-state index in [0.717, 1.165) is 12.3 Å². The van der Waals surface area contributed by atoms with Gasteiger partial charge in [-0.25, -0.2) is 18.4 Å². The van der Waals surface area contributed by atoms with Gasteiger partial charge >= 0.3 is 6.18 Å². The minimum absolute atomic E-state index is 0.0378. The van der Waals surface area contributed by atoms with Crippen LogP contribution in [0.5, 0.6) is 0 Å². The van der Waals surface area contributed by atoms with Gasteiger partial charge in [0, 0.05) is 19.3 Å². The van der Waals surface area contributed by atoms with Crippen molar-refractivity contribution in [1.29, 1.82) is 0 Å². The van der Waals surface area contributed by atoms with Crippen LogP contribution >= 0.6 is 0 Å². The van der Waals surface area contributed by atoms with Crippen molar-refractivity contribution in [2.75, 3.05) is 23.5 Å². The molecule has 1 aliphatic rings. The molecule has 1 fully saturated rings. The predicted octanol–water partition coefficient (Wildman–Crippen LogP) is 1.51. The zero-order valence-electron chi connectivity index (χ0n) is 10.8. The highest BCUT2D eigenvalue weighted by Crippen LogP contribution is 2.29. The molecular weight excluding hydrogens is 295 g/mol. The fourth-order valence-electron chi connectivity index (χ4n) is 2.10. The lowest BCUT2D eigenvalue weighted by atomic mass is 10.1. The number of anilines is 1. The van der Waals surface area contributed by atoms with Gasteiger partial charge in [-0.05, 0) is 18.9 Å². The van der Waals surface area contributed by atoms with Crippen LogP contribution in [0.3, 0.4) is 0 Å². The van der Waals surface area contributed by atoms with Gasteiger partial charge in [-0.2, -0.15) is 13.2 Å². The fourth-order valence-corrected chi connectivity index (χ4v) is 3.57. The monoisotopic (exact) mass is 309 g/mol. The van der Waals surface area contributed by atoms with Crippen LogP contribution in [0, 0.1) is 0 Å². The molecule has 0 saturated carbocycles. The maximum atomic E-state index is 12.6. The first-order chi connectivity index (χ1) is 9.19. The Morgan fingerprint density at radius 3 is 2.45 bits per heavy atom. The average Bonchev–Trinajstić information content (AvgIpc) is 2.37. The zero-order chi connectivity index (χ0) is 15.0. The van der Waals surface area contributed by atoms with E-state index in [1.165, 1.54) is 4.90 Å². The molecule has 0 aromatic carbocycles. The van der Waals surface area contributed by atoms with Gasteiger partial charge in [0.15, 0.2) is 0 Å². The van der Waals surface area contributed by atoms with E-state index in [2.05, 4.69) is 9.97 Å². The van der Waals surface area contributed by atoms with E-state index in [1.807, 2.05) is 0 Å². The SMILES string of the molecule is CN(c1nccc(C(F)(F)F)n1)C1CCS(=O)(=O)CC1. The molecule has 0 unspecified atom stereocenters. The lowest BCUT2D eigenvalue weighted by Crippen LogP contribution is -2.40. The van der Waals surface area contributed by atoms with Crippen LogP contribution in [0.15, 0.2) is 12.3 Å². The first kappa shape index (κ1) is 15.0. The van der Waals surface area contributed by atoms with E-state index >= 15 is 0 Å². The van der Waals surface area contributed by atoms with Gasteiger partial charge in [0.05, 0.1) is 11.5 Å². The summed E-state index contributed by atoms with van der Waals surface area (Å²) in [5, 5.41) is 0. The molecule has 1 saturated heterocycles. The van der Waals surface area contributed by atoms with Gasteiger partial charge in [0.2, 0.25) is 5.95 Å². The summed E-state index contributed by atoms with van der Waals surface area (Å²) in [6.07, 6.45) is -2.72. The van der Waals surface area contributed by atoms with Crippen molar-refractivity contribution in [3.05, 3.63) is 18.0 Å². The standard InChI is InChI=1S/C11H14F3N3O2S/c1-17(8-3-6-20(18,19)7-4-8)10-15-5-2-9(16-10)11(12,13)14/h2,5,8H,3-4,6-7H2,1H3. The summed E-state index contributed by atoms with van der Waals surface area (Å²) in [6.45, 7) is 0. The summed E-state index contributed by atoms with van der Waals surface area (Å²) >= 11 is 0. The molecule has 112 valence electrons. The maximum absolute atomic E-state index is 12.6. The first-order valence-electron chi connectivity index (χ1n) is 6.02. The molecule has 2 rings (SSSR count). The molecule has 2 heterocycles. The molecule has 0 aliphatic carbocycles. The van der Waals surface area contributed by atoms with Crippen molar-refractivity contribution >= 4 is 15.8 Å². The summed E-state index contributed by atoms with van der Waals surface area (Å²) in [7, 11) is -1.43. The van der Waals surface area contributed by atoms with Crippen LogP contribution in [0.1, 0.15) is 18.5 Å². The second-order valence-corrected chi connectivity index (χ2v) is 7.04. The van der Waals surface area contributed by atoms with Gasteiger partial charge in [-0.1, -0.05) is 0 Å². The van der Waals surface area contributed by atoms with Gasteiger partial charge in [0.25, 0.3) is 0 Å². The van der Waals surface area contributed by atoms with E-state index < -0.39 is 21.7 Å². The summed E-state index contributed by atoms with van der Waals surface area (Å²) in [6, 6.07) is 0.643. The summed E-state index contributed by atoms with van der Waals surface area (Å²) < 4.78 is 60.4. The van der Waals surface area contributed by atoms with Crippen molar-refractivity contribution in [3.8, 4) is 0 Å². The Bertz CT molecular complexity index is 575. The predicted molar refractivity (Wildman–Crippen MR) is 67.1 cm³/mol. The minimum Gasteiger partial charge on any atom is -0.341 e. The second-order valence-electron chi connectivity index (χ2n) is 4.73. The topological polar surface area (TPSA) is 63.2 Å². The molecule has 0 N–H and O–H groups in total. The van der Waals surface area contributed by atoms with Crippen LogP contribution in [-0.2, 0) is 16.0 Å². The van der Waals surface area contributed by atoms with E-state index in [-0.39, 0.29) is 23.5 Å². The number of hydrogen-bond donors (Lipinski definition) is 0. The normalized spacial score (nSPS) is 19.8. The number of rotatable bonds is 2. The fraction of sp³-hybridized carbons (Fsp3) is 0.636. The second kappa shape index (κ2) is 5.19. The number of nitrogens with zero attached hydrogens (tertiary/aromatic N) is 3. The van der Waals surface area contributed by atoms with Crippen LogP contribution in [0.4, 0.5) is 19.1 Å². The van der Waals surface area contributed by atoms with Crippen LogP contribution in [-0.4, -0.2) is 43.0 Å². The molecule has 1 aromatic heterocycles. The molecular formula is C11H14F3N3O2S. The third kappa shape index (κ3) is 3.38. The van der Waals surface area contributed by atoms with E-state index in [4.69, 9.17) is 0 Å². The van der Waals surface area contributed by atoms with Crippen LogP contribution in [0.2, 0.25) is 0 Å². The number of alkyl halides is 3. The average molecular weight is 309 g/mol. The van der Waals surface area contributed by atoms with E-state index in [0.29, 0.717) is 12.8 Å². The molecule has 20 heavy (non-hydrogen) atoms. The van der Waals surface area contributed by atoms with Crippen molar-refractivity contribution in [2.24, 2.45) is 0 Å². The highest BCUT2D eigenvalue weighted by atomic mass is 32.2.